The van der Waals surface area contributed by atoms with Crippen molar-refractivity contribution >= 4 is 16.2 Å². The Kier molecular flexibility index (Phi) is 3.31. The molecule has 2 aliphatic rings. The molecule has 1 atom stereocenters. The molecule has 20 heavy (non-hydrogen) atoms. The van der Waals surface area contributed by atoms with Crippen LogP contribution in [0.25, 0.3) is 4.83 Å². The number of aliphatic hydroxyl groups is 1. The van der Waals surface area contributed by atoms with Crippen LogP contribution in [0, 0.1) is 5.92 Å². The summed E-state index contributed by atoms with van der Waals surface area (Å²) in [5.41, 5.74) is 1.17. The minimum atomic E-state index is -0.297. The summed E-state index contributed by atoms with van der Waals surface area (Å²) in [5, 5.41) is 11.0. The molecule has 0 aliphatic heterocycles. The highest BCUT2D eigenvalue weighted by molar-refractivity contribution is 7.17. The summed E-state index contributed by atoms with van der Waals surface area (Å²) in [6.45, 7) is 0. The Balaban J connectivity index is 1.73. The van der Waals surface area contributed by atoms with E-state index < -0.39 is 0 Å². The summed E-state index contributed by atoms with van der Waals surface area (Å²) in [6, 6.07) is 0. The minimum absolute atomic E-state index is 0.297. The van der Waals surface area contributed by atoms with Gasteiger partial charge in [-0.15, -0.1) is 11.3 Å². The third-order valence-corrected chi connectivity index (χ3v) is 6.46. The van der Waals surface area contributed by atoms with Crippen LogP contribution < -0.4 is 0 Å². The van der Waals surface area contributed by atoms with Gasteiger partial charge in [0.2, 0.25) is 0 Å². The third kappa shape index (κ3) is 2.01. The van der Waals surface area contributed by atoms with Gasteiger partial charge in [-0.05, 0) is 37.5 Å². The zero-order valence-corrected chi connectivity index (χ0v) is 12.6. The van der Waals surface area contributed by atoms with Crippen molar-refractivity contribution in [2.75, 3.05) is 0 Å². The molecule has 2 saturated carbocycles. The van der Waals surface area contributed by atoms with E-state index in [1.165, 1.54) is 66.8 Å². The predicted molar refractivity (Wildman–Crippen MR) is 81.2 cm³/mol. The molecule has 2 fully saturated rings. The molecule has 0 saturated heterocycles. The van der Waals surface area contributed by atoms with Crippen molar-refractivity contribution < 1.29 is 5.11 Å². The van der Waals surface area contributed by atoms with Crippen molar-refractivity contribution in [3.05, 3.63) is 23.1 Å². The van der Waals surface area contributed by atoms with Crippen molar-refractivity contribution in [3.8, 4) is 0 Å². The van der Waals surface area contributed by atoms with Crippen LogP contribution in [-0.4, -0.2) is 14.5 Å². The second kappa shape index (κ2) is 5.15. The molecule has 0 spiro atoms. The highest BCUT2D eigenvalue weighted by atomic mass is 32.1. The smallest absolute Gasteiger partial charge is 0.120 e. The lowest BCUT2D eigenvalue weighted by molar-refractivity contribution is 0.0791. The van der Waals surface area contributed by atoms with Gasteiger partial charge < -0.3 is 5.11 Å². The van der Waals surface area contributed by atoms with E-state index in [0.29, 0.717) is 11.8 Å². The topological polar surface area (TPSA) is 37.5 Å². The van der Waals surface area contributed by atoms with Gasteiger partial charge in [-0.2, -0.15) is 0 Å². The van der Waals surface area contributed by atoms with Crippen LogP contribution in [0.2, 0.25) is 0 Å². The van der Waals surface area contributed by atoms with E-state index in [2.05, 4.69) is 9.38 Å². The second-order valence-electron chi connectivity index (χ2n) is 6.42. The number of nitrogens with zero attached hydrogens (tertiary/aromatic N) is 2. The highest BCUT2D eigenvalue weighted by Crippen LogP contribution is 2.46. The van der Waals surface area contributed by atoms with Gasteiger partial charge in [-0.3, -0.25) is 4.40 Å². The molecule has 4 heteroatoms. The number of aromatic nitrogens is 2. The molecule has 2 heterocycles. The van der Waals surface area contributed by atoms with Crippen LogP contribution in [0.3, 0.4) is 0 Å². The number of thiazole rings is 1. The molecule has 4 rings (SSSR count). The Bertz CT molecular complexity index is 593. The van der Waals surface area contributed by atoms with Crippen LogP contribution in [0.4, 0.5) is 0 Å². The summed E-state index contributed by atoms with van der Waals surface area (Å²) >= 11 is 1.85. The van der Waals surface area contributed by atoms with E-state index in [4.69, 9.17) is 0 Å². The summed E-state index contributed by atoms with van der Waals surface area (Å²) < 4.78 is 2.15. The first-order chi connectivity index (χ1) is 9.84. The summed E-state index contributed by atoms with van der Waals surface area (Å²) in [4.78, 5) is 6.88. The molecule has 1 unspecified atom stereocenters. The van der Waals surface area contributed by atoms with E-state index >= 15 is 0 Å². The lowest BCUT2D eigenvalue weighted by atomic mass is 9.80. The maximum atomic E-state index is 11.0. The molecule has 2 aromatic rings. The number of imidazole rings is 1. The molecule has 3 nitrogen and oxygen atoms in total. The molecule has 1 N–H and O–H groups in total. The largest absolute Gasteiger partial charge is 0.387 e. The van der Waals surface area contributed by atoms with Gasteiger partial charge in [0.1, 0.15) is 11.2 Å². The molecule has 0 bridgehead atoms. The lowest BCUT2D eigenvalue weighted by Crippen LogP contribution is -2.20. The van der Waals surface area contributed by atoms with Crippen LogP contribution >= 0.6 is 11.3 Å². The van der Waals surface area contributed by atoms with Crippen molar-refractivity contribution in [2.24, 2.45) is 5.92 Å². The number of hydrogen-bond acceptors (Lipinski definition) is 3. The van der Waals surface area contributed by atoms with E-state index in [9.17, 15) is 5.11 Å². The second-order valence-corrected chi connectivity index (χ2v) is 7.49. The van der Waals surface area contributed by atoms with Crippen LogP contribution in [0.15, 0.2) is 12.5 Å². The Hall–Kier alpha value is -0.870. The Morgan fingerprint density at radius 2 is 1.95 bits per heavy atom. The first-order valence-corrected chi connectivity index (χ1v) is 8.79. The average Bonchev–Trinajstić information content (AvgIpc) is 2.97. The summed E-state index contributed by atoms with van der Waals surface area (Å²) in [7, 11) is 0. The Labute approximate surface area is 123 Å². The Morgan fingerprint density at radius 3 is 2.65 bits per heavy atom. The maximum Gasteiger partial charge on any atom is 0.120 e. The number of rotatable bonds is 3. The summed E-state index contributed by atoms with van der Waals surface area (Å²) in [6.07, 6.45) is 13.7. The van der Waals surface area contributed by atoms with Gasteiger partial charge in [0, 0.05) is 4.88 Å². The monoisotopic (exact) mass is 290 g/mol. The fourth-order valence-electron chi connectivity index (χ4n) is 3.75. The zero-order valence-electron chi connectivity index (χ0n) is 11.8. The van der Waals surface area contributed by atoms with Crippen molar-refractivity contribution in [1.82, 2.24) is 9.38 Å². The molecule has 0 amide bonds. The molecule has 2 aliphatic carbocycles. The van der Waals surface area contributed by atoms with E-state index in [0.717, 1.165) is 0 Å². The SMILES string of the molecule is OC(c1c(C2CCC2)sc2cncn12)C1CCCCC1. The first kappa shape index (κ1) is 12.8. The number of fused-ring (bicyclic) bond motifs is 1. The van der Waals surface area contributed by atoms with Crippen LogP contribution in [0.5, 0.6) is 0 Å². The Morgan fingerprint density at radius 1 is 1.15 bits per heavy atom. The standard InChI is InChI=1S/C16H22N2OS/c19-15(11-5-2-1-3-6-11)14-16(12-7-4-8-12)20-13-9-17-10-18(13)14/h9-12,15,19H,1-8H2. The first-order valence-electron chi connectivity index (χ1n) is 7.97. The summed E-state index contributed by atoms with van der Waals surface area (Å²) in [5.74, 6) is 1.14. The van der Waals surface area contributed by atoms with Crippen LogP contribution in [-0.2, 0) is 0 Å². The highest BCUT2D eigenvalue weighted by Gasteiger charge is 2.32. The molecule has 108 valence electrons. The van der Waals surface area contributed by atoms with Gasteiger partial charge in [0.25, 0.3) is 0 Å². The van der Waals surface area contributed by atoms with Crippen molar-refractivity contribution in [1.29, 1.82) is 0 Å². The van der Waals surface area contributed by atoms with E-state index in [-0.39, 0.29) is 6.10 Å². The van der Waals surface area contributed by atoms with Gasteiger partial charge >= 0.3 is 0 Å². The third-order valence-electron chi connectivity index (χ3n) is 5.18. The predicted octanol–water partition coefficient (Wildman–Crippen LogP) is 4.28. The van der Waals surface area contributed by atoms with Crippen molar-refractivity contribution in [3.63, 3.8) is 0 Å². The van der Waals surface area contributed by atoms with Gasteiger partial charge in [0.15, 0.2) is 0 Å². The molecule has 2 aromatic heterocycles. The average molecular weight is 290 g/mol. The molecule has 0 radical (unpaired) electrons. The lowest BCUT2D eigenvalue weighted by Gasteiger charge is -2.30. The molecular weight excluding hydrogens is 268 g/mol. The fourth-order valence-corrected chi connectivity index (χ4v) is 5.06. The van der Waals surface area contributed by atoms with E-state index in [1.807, 2.05) is 23.9 Å². The van der Waals surface area contributed by atoms with Crippen LogP contribution in [0.1, 0.15) is 74.0 Å². The van der Waals surface area contributed by atoms with Crippen molar-refractivity contribution in [2.45, 2.75) is 63.4 Å². The molecule has 0 aromatic carbocycles. The zero-order chi connectivity index (χ0) is 13.5. The number of hydrogen-bond donors (Lipinski definition) is 1. The number of aliphatic hydroxyl groups excluding tert-OH is 1. The van der Waals surface area contributed by atoms with Gasteiger partial charge in [-0.25, -0.2) is 4.98 Å². The maximum absolute atomic E-state index is 11.0. The quantitative estimate of drug-likeness (QED) is 0.916. The minimum Gasteiger partial charge on any atom is -0.387 e. The normalized spacial score (nSPS) is 23.1. The van der Waals surface area contributed by atoms with Gasteiger partial charge in [-0.1, -0.05) is 25.7 Å². The van der Waals surface area contributed by atoms with Gasteiger partial charge in [0.05, 0.1) is 18.0 Å². The molecular formula is C16H22N2OS. The fraction of sp³-hybridized carbons (Fsp3) is 0.688. The van der Waals surface area contributed by atoms with E-state index in [1.54, 1.807) is 0 Å².